The normalized spacial score (nSPS) is 12.3. The van der Waals surface area contributed by atoms with E-state index in [-0.39, 0.29) is 23.3 Å². The van der Waals surface area contributed by atoms with Gasteiger partial charge in [0.15, 0.2) is 11.5 Å². The van der Waals surface area contributed by atoms with Gasteiger partial charge in [-0.3, -0.25) is 0 Å². The number of aliphatic hydroxyl groups is 1. The molecule has 0 fully saturated rings. The van der Waals surface area contributed by atoms with Crippen LogP contribution in [0.1, 0.15) is 18.4 Å². The average Bonchev–Trinajstić information content (AvgIpc) is 2.30. The highest BCUT2D eigenvalue weighted by atomic mass is 35.5. The molecule has 5 heteroatoms. The summed E-state index contributed by atoms with van der Waals surface area (Å²) < 4.78 is 10.3. The number of hydrogen-bond acceptors (Lipinski definition) is 4. The topological polar surface area (TPSA) is 58.9 Å². The lowest BCUT2D eigenvalue weighted by Crippen LogP contribution is -2.04. The highest BCUT2D eigenvalue weighted by Gasteiger charge is 2.22. The van der Waals surface area contributed by atoms with Crippen molar-refractivity contribution < 1.29 is 19.7 Å². The minimum Gasteiger partial charge on any atom is -0.506 e. The molecule has 0 spiro atoms. The summed E-state index contributed by atoms with van der Waals surface area (Å²) in [6.07, 6.45) is 0. The Labute approximate surface area is 99.4 Å². The molecule has 0 bridgehead atoms. The lowest BCUT2D eigenvalue weighted by Gasteiger charge is -2.18. The summed E-state index contributed by atoms with van der Waals surface area (Å²) in [5.74, 6) is 0.454. The van der Waals surface area contributed by atoms with E-state index < -0.39 is 0 Å². The van der Waals surface area contributed by atoms with Gasteiger partial charge in [-0.25, -0.2) is 0 Å². The first-order valence-corrected chi connectivity index (χ1v) is 5.18. The fourth-order valence-electron chi connectivity index (χ4n) is 1.53. The first-order valence-electron chi connectivity index (χ1n) is 4.81. The van der Waals surface area contributed by atoms with E-state index in [4.69, 9.17) is 26.2 Å². The minimum atomic E-state index is -0.289. The van der Waals surface area contributed by atoms with E-state index in [1.165, 1.54) is 20.3 Å². The third kappa shape index (κ3) is 2.18. The van der Waals surface area contributed by atoms with Crippen LogP contribution in [0.4, 0.5) is 0 Å². The number of phenolic OH excluding ortho intramolecular Hbond substituents is 1. The predicted octanol–water partition coefficient (Wildman–Crippen LogP) is 2.16. The van der Waals surface area contributed by atoms with E-state index in [0.29, 0.717) is 17.1 Å². The van der Waals surface area contributed by atoms with Gasteiger partial charge in [-0.05, 0) is 0 Å². The number of benzene rings is 1. The van der Waals surface area contributed by atoms with E-state index in [2.05, 4.69) is 0 Å². The second-order valence-electron chi connectivity index (χ2n) is 3.44. The number of halogens is 1. The van der Waals surface area contributed by atoms with Crippen molar-refractivity contribution in [2.75, 3.05) is 20.8 Å². The van der Waals surface area contributed by atoms with Gasteiger partial charge in [-0.1, -0.05) is 18.5 Å². The third-order valence-corrected chi connectivity index (χ3v) is 2.69. The number of phenols is 1. The quantitative estimate of drug-likeness (QED) is 0.855. The SMILES string of the molecule is COc1cc(Cl)c(O)c(C(C)CO)c1OC. The molecule has 0 aliphatic carbocycles. The van der Waals surface area contributed by atoms with Crippen molar-refractivity contribution in [1.82, 2.24) is 0 Å². The lowest BCUT2D eigenvalue weighted by atomic mass is 9.99. The van der Waals surface area contributed by atoms with Crippen LogP contribution in [-0.2, 0) is 0 Å². The van der Waals surface area contributed by atoms with Crippen molar-refractivity contribution >= 4 is 11.6 Å². The summed E-state index contributed by atoms with van der Waals surface area (Å²) in [6, 6.07) is 1.48. The van der Waals surface area contributed by atoms with Crippen LogP contribution < -0.4 is 9.47 Å². The van der Waals surface area contributed by atoms with Crippen molar-refractivity contribution in [1.29, 1.82) is 0 Å². The molecule has 1 rings (SSSR count). The first-order chi connectivity index (χ1) is 7.56. The van der Waals surface area contributed by atoms with Crippen molar-refractivity contribution in [2.45, 2.75) is 12.8 Å². The van der Waals surface area contributed by atoms with Crippen LogP contribution in [0.15, 0.2) is 6.07 Å². The van der Waals surface area contributed by atoms with Crippen LogP contribution in [0.3, 0.4) is 0 Å². The zero-order valence-electron chi connectivity index (χ0n) is 9.45. The fraction of sp³-hybridized carbons (Fsp3) is 0.455. The minimum absolute atomic E-state index is 0.0825. The Morgan fingerprint density at radius 1 is 1.38 bits per heavy atom. The monoisotopic (exact) mass is 246 g/mol. The smallest absolute Gasteiger partial charge is 0.168 e. The van der Waals surface area contributed by atoms with Gasteiger partial charge < -0.3 is 19.7 Å². The van der Waals surface area contributed by atoms with Crippen LogP contribution in [0.25, 0.3) is 0 Å². The molecule has 2 N–H and O–H groups in total. The molecule has 0 aliphatic rings. The van der Waals surface area contributed by atoms with Crippen LogP contribution in [0.2, 0.25) is 5.02 Å². The van der Waals surface area contributed by atoms with Gasteiger partial charge >= 0.3 is 0 Å². The van der Waals surface area contributed by atoms with Crippen molar-refractivity contribution in [2.24, 2.45) is 0 Å². The number of aromatic hydroxyl groups is 1. The Morgan fingerprint density at radius 2 is 2.00 bits per heavy atom. The van der Waals surface area contributed by atoms with E-state index in [1.807, 2.05) is 0 Å². The highest BCUT2D eigenvalue weighted by molar-refractivity contribution is 6.32. The van der Waals surface area contributed by atoms with Gasteiger partial charge in [0.25, 0.3) is 0 Å². The Balaban J connectivity index is 3.46. The van der Waals surface area contributed by atoms with E-state index in [0.717, 1.165) is 0 Å². The summed E-state index contributed by atoms with van der Waals surface area (Å²) in [5.41, 5.74) is 0.453. The lowest BCUT2D eigenvalue weighted by molar-refractivity contribution is 0.264. The summed E-state index contributed by atoms with van der Waals surface area (Å²) in [6.45, 7) is 1.64. The van der Waals surface area contributed by atoms with Crippen molar-refractivity contribution in [3.8, 4) is 17.2 Å². The molecular formula is C11H15ClO4. The number of rotatable bonds is 4. The van der Waals surface area contributed by atoms with Crippen LogP contribution in [0.5, 0.6) is 17.2 Å². The molecule has 1 unspecified atom stereocenters. The summed E-state index contributed by atoms with van der Waals surface area (Å²) >= 11 is 5.86. The number of hydrogen-bond donors (Lipinski definition) is 2. The van der Waals surface area contributed by atoms with Crippen LogP contribution >= 0.6 is 11.6 Å². The standard InChI is InChI=1S/C11H15ClO4/c1-6(5-13)9-10(14)7(12)4-8(15-2)11(9)16-3/h4,6,13-14H,5H2,1-3H3. The Bertz CT molecular complexity index is 379. The average molecular weight is 247 g/mol. The summed E-state index contributed by atoms with van der Waals surface area (Å²) in [4.78, 5) is 0. The molecule has 1 atom stereocenters. The van der Waals surface area contributed by atoms with Gasteiger partial charge in [-0.2, -0.15) is 0 Å². The van der Waals surface area contributed by atoms with Gasteiger partial charge in [0.2, 0.25) is 0 Å². The number of methoxy groups -OCH3 is 2. The third-order valence-electron chi connectivity index (χ3n) is 2.40. The van der Waals surface area contributed by atoms with E-state index in [9.17, 15) is 5.11 Å². The molecule has 1 aromatic carbocycles. The molecule has 0 heterocycles. The second-order valence-corrected chi connectivity index (χ2v) is 3.85. The predicted molar refractivity (Wildman–Crippen MR) is 61.7 cm³/mol. The maximum atomic E-state index is 9.85. The van der Waals surface area contributed by atoms with Crippen molar-refractivity contribution in [3.05, 3.63) is 16.7 Å². The summed E-state index contributed by atoms with van der Waals surface area (Å²) in [5, 5.41) is 19.2. The zero-order chi connectivity index (χ0) is 12.3. The second kappa shape index (κ2) is 5.27. The number of ether oxygens (including phenoxy) is 2. The van der Waals surface area contributed by atoms with Crippen LogP contribution in [0, 0.1) is 0 Å². The first kappa shape index (κ1) is 12.9. The Kier molecular flexibility index (Phi) is 4.26. The Morgan fingerprint density at radius 3 is 2.44 bits per heavy atom. The van der Waals surface area contributed by atoms with Gasteiger partial charge in [-0.15, -0.1) is 0 Å². The molecule has 16 heavy (non-hydrogen) atoms. The maximum absolute atomic E-state index is 9.85. The molecule has 0 saturated heterocycles. The molecule has 0 aromatic heterocycles. The molecule has 0 saturated carbocycles. The Hall–Kier alpha value is -1.13. The van der Waals surface area contributed by atoms with Crippen molar-refractivity contribution in [3.63, 3.8) is 0 Å². The van der Waals surface area contributed by atoms with Gasteiger partial charge in [0.1, 0.15) is 5.75 Å². The molecule has 0 aliphatic heterocycles. The maximum Gasteiger partial charge on any atom is 0.168 e. The molecular weight excluding hydrogens is 232 g/mol. The number of aliphatic hydroxyl groups excluding tert-OH is 1. The van der Waals surface area contributed by atoms with E-state index >= 15 is 0 Å². The highest BCUT2D eigenvalue weighted by Crippen LogP contribution is 2.45. The molecule has 1 aromatic rings. The zero-order valence-corrected chi connectivity index (χ0v) is 10.2. The van der Waals surface area contributed by atoms with Gasteiger partial charge in [0.05, 0.1) is 19.2 Å². The fourth-order valence-corrected chi connectivity index (χ4v) is 1.73. The summed E-state index contributed by atoms with van der Waals surface area (Å²) in [7, 11) is 2.96. The molecule has 0 radical (unpaired) electrons. The van der Waals surface area contributed by atoms with Gasteiger partial charge in [0, 0.05) is 24.2 Å². The molecule has 4 nitrogen and oxygen atoms in total. The van der Waals surface area contributed by atoms with Crippen LogP contribution in [-0.4, -0.2) is 31.0 Å². The molecule has 90 valence electrons. The van der Waals surface area contributed by atoms with E-state index in [1.54, 1.807) is 6.92 Å². The largest absolute Gasteiger partial charge is 0.506 e. The molecule has 0 amide bonds.